The van der Waals surface area contributed by atoms with E-state index in [1.807, 2.05) is 0 Å². The Morgan fingerprint density at radius 3 is 2.55 bits per heavy atom. The molecule has 1 heterocycles. The Bertz CT molecular complexity index is 1180. The maximum absolute atomic E-state index is 13.2. The summed E-state index contributed by atoms with van der Waals surface area (Å²) in [5.74, 6) is -0.193. The van der Waals surface area contributed by atoms with E-state index in [-0.39, 0.29) is 11.4 Å². The first-order chi connectivity index (χ1) is 14.8. The van der Waals surface area contributed by atoms with Crippen LogP contribution in [0.15, 0.2) is 79.7 Å². The van der Waals surface area contributed by atoms with Crippen LogP contribution in [-0.4, -0.2) is 31.4 Å². The van der Waals surface area contributed by atoms with Crippen LogP contribution in [0, 0.1) is 0 Å². The van der Waals surface area contributed by atoms with Gasteiger partial charge in [-0.25, -0.2) is 13.8 Å². The lowest BCUT2D eigenvalue weighted by Crippen LogP contribution is -2.39. The van der Waals surface area contributed by atoms with Gasteiger partial charge in [-0.1, -0.05) is 45.2 Å². The summed E-state index contributed by atoms with van der Waals surface area (Å²) in [5.41, 5.74) is 2.80. The standard InChI is InChI=1S/C20H16BrCl2N3O4S/c21-15-4-7-18(8-5-15)31(28,29)26(12-14-3-6-16(22)10-19(14)23)13-20(27)25-24-11-17-2-1-9-30-17/h1-11H,12-13H2,(H,25,27)/b24-11+. The zero-order valence-corrected chi connectivity index (χ0v) is 19.7. The molecule has 0 aliphatic carbocycles. The van der Waals surface area contributed by atoms with Crippen LogP contribution < -0.4 is 5.43 Å². The Labute approximate surface area is 197 Å². The monoisotopic (exact) mass is 543 g/mol. The first kappa shape index (κ1) is 23.5. The normalized spacial score (nSPS) is 11.9. The highest BCUT2D eigenvalue weighted by atomic mass is 79.9. The molecule has 3 aromatic rings. The van der Waals surface area contributed by atoms with Crippen molar-refractivity contribution in [3.05, 3.63) is 86.7 Å². The zero-order chi connectivity index (χ0) is 22.4. The molecule has 0 aliphatic rings. The van der Waals surface area contributed by atoms with Crippen molar-refractivity contribution in [1.82, 2.24) is 9.73 Å². The van der Waals surface area contributed by atoms with Crippen LogP contribution in [-0.2, 0) is 21.4 Å². The van der Waals surface area contributed by atoms with E-state index in [1.54, 1.807) is 36.4 Å². The Morgan fingerprint density at radius 1 is 1.16 bits per heavy atom. The summed E-state index contributed by atoms with van der Waals surface area (Å²) >= 11 is 15.4. The third kappa shape index (κ3) is 6.41. The topological polar surface area (TPSA) is 92.0 Å². The van der Waals surface area contributed by atoms with Gasteiger partial charge in [0.15, 0.2) is 0 Å². The molecule has 0 radical (unpaired) electrons. The molecule has 0 atom stereocenters. The van der Waals surface area contributed by atoms with Crippen LogP contribution in [0.5, 0.6) is 0 Å². The summed E-state index contributed by atoms with van der Waals surface area (Å²) < 4.78 is 33.3. The van der Waals surface area contributed by atoms with Gasteiger partial charge in [0.25, 0.3) is 5.91 Å². The minimum Gasteiger partial charge on any atom is -0.463 e. The molecule has 0 unspecified atom stereocenters. The second kappa shape index (κ2) is 10.4. The number of benzene rings is 2. The average molecular weight is 545 g/mol. The van der Waals surface area contributed by atoms with Gasteiger partial charge in [0.05, 0.1) is 23.9 Å². The molecular weight excluding hydrogens is 529 g/mol. The lowest BCUT2D eigenvalue weighted by Gasteiger charge is -2.22. The molecule has 31 heavy (non-hydrogen) atoms. The molecule has 162 valence electrons. The van der Waals surface area contributed by atoms with E-state index in [9.17, 15) is 13.2 Å². The lowest BCUT2D eigenvalue weighted by molar-refractivity contribution is -0.121. The SMILES string of the molecule is O=C(CN(Cc1ccc(Cl)cc1Cl)S(=O)(=O)c1ccc(Br)cc1)N/N=C/c1ccco1. The van der Waals surface area contributed by atoms with Crippen LogP contribution >= 0.6 is 39.1 Å². The highest BCUT2D eigenvalue weighted by Crippen LogP contribution is 2.25. The van der Waals surface area contributed by atoms with Crippen molar-refractivity contribution in [3.8, 4) is 0 Å². The highest BCUT2D eigenvalue weighted by molar-refractivity contribution is 9.10. The number of hydrogen-bond acceptors (Lipinski definition) is 5. The van der Waals surface area contributed by atoms with Crippen LogP contribution in [0.4, 0.5) is 0 Å². The smallest absolute Gasteiger partial charge is 0.255 e. The summed E-state index contributed by atoms with van der Waals surface area (Å²) in [4.78, 5) is 12.5. The number of halogens is 3. The fraction of sp³-hybridized carbons (Fsp3) is 0.100. The second-order valence-corrected chi connectivity index (χ2v) is 9.97. The predicted octanol–water partition coefficient (Wildman–Crippen LogP) is 4.69. The minimum absolute atomic E-state index is 0.0349. The molecule has 1 amide bonds. The van der Waals surface area contributed by atoms with E-state index in [4.69, 9.17) is 27.6 Å². The predicted molar refractivity (Wildman–Crippen MR) is 123 cm³/mol. The Balaban J connectivity index is 1.84. The Hall–Kier alpha value is -2.17. The number of amides is 1. The molecule has 2 aromatic carbocycles. The van der Waals surface area contributed by atoms with Crippen molar-refractivity contribution in [2.24, 2.45) is 5.10 Å². The van der Waals surface area contributed by atoms with Crippen LogP contribution in [0.3, 0.4) is 0 Å². The molecule has 0 saturated carbocycles. The van der Waals surface area contributed by atoms with E-state index in [1.165, 1.54) is 30.7 Å². The lowest BCUT2D eigenvalue weighted by atomic mass is 10.2. The number of carbonyl (C=O) groups excluding carboxylic acids is 1. The summed E-state index contributed by atoms with van der Waals surface area (Å²) in [5, 5.41) is 4.49. The third-order valence-electron chi connectivity index (χ3n) is 4.06. The molecule has 3 rings (SSSR count). The van der Waals surface area contributed by atoms with E-state index < -0.39 is 22.5 Å². The van der Waals surface area contributed by atoms with Crippen molar-refractivity contribution in [2.75, 3.05) is 6.54 Å². The maximum atomic E-state index is 13.2. The summed E-state index contributed by atoms with van der Waals surface area (Å²) in [6.07, 6.45) is 2.77. The number of nitrogens with one attached hydrogen (secondary N) is 1. The van der Waals surface area contributed by atoms with E-state index in [0.29, 0.717) is 21.4 Å². The van der Waals surface area contributed by atoms with Gasteiger partial charge in [-0.3, -0.25) is 4.79 Å². The summed E-state index contributed by atoms with van der Waals surface area (Å²) in [7, 11) is -4.02. The number of furan rings is 1. The molecule has 7 nitrogen and oxygen atoms in total. The summed E-state index contributed by atoms with van der Waals surface area (Å²) in [6, 6.07) is 14.2. The zero-order valence-electron chi connectivity index (χ0n) is 15.8. The molecule has 1 N–H and O–H groups in total. The molecule has 1 aromatic heterocycles. The number of hydrazone groups is 1. The van der Waals surface area contributed by atoms with Gasteiger partial charge in [0.2, 0.25) is 10.0 Å². The van der Waals surface area contributed by atoms with Crippen molar-refractivity contribution in [1.29, 1.82) is 0 Å². The number of nitrogens with zero attached hydrogens (tertiary/aromatic N) is 2. The Morgan fingerprint density at radius 2 is 1.90 bits per heavy atom. The third-order valence-corrected chi connectivity index (χ3v) is 6.98. The van der Waals surface area contributed by atoms with Crippen molar-refractivity contribution >= 4 is 61.3 Å². The van der Waals surface area contributed by atoms with Gasteiger partial charge >= 0.3 is 0 Å². The number of sulfonamides is 1. The number of rotatable bonds is 8. The van der Waals surface area contributed by atoms with Crippen LogP contribution in [0.1, 0.15) is 11.3 Å². The minimum atomic E-state index is -4.02. The number of carbonyl (C=O) groups is 1. The van der Waals surface area contributed by atoms with Gasteiger partial charge in [-0.15, -0.1) is 0 Å². The molecule has 0 bridgehead atoms. The highest BCUT2D eigenvalue weighted by Gasteiger charge is 2.27. The van der Waals surface area contributed by atoms with Gasteiger partial charge < -0.3 is 4.42 Å². The molecule has 0 fully saturated rings. The van der Waals surface area contributed by atoms with Crippen molar-refractivity contribution < 1.29 is 17.6 Å². The fourth-order valence-corrected chi connectivity index (χ4v) is 4.66. The Kier molecular flexibility index (Phi) is 7.90. The maximum Gasteiger partial charge on any atom is 0.255 e. The summed E-state index contributed by atoms with van der Waals surface area (Å²) in [6.45, 7) is -0.615. The molecule has 11 heteroatoms. The van der Waals surface area contributed by atoms with Crippen LogP contribution in [0.2, 0.25) is 10.0 Å². The molecule has 0 saturated heterocycles. The van der Waals surface area contributed by atoms with Gasteiger partial charge in [0, 0.05) is 21.1 Å². The van der Waals surface area contributed by atoms with E-state index in [2.05, 4.69) is 26.5 Å². The quantitative estimate of drug-likeness (QED) is 0.329. The first-order valence-corrected chi connectivity index (χ1v) is 11.8. The second-order valence-electron chi connectivity index (χ2n) is 6.27. The van der Waals surface area contributed by atoms with Crippen LogP contribution in [0.25, 0.3) is 0 Å². The fourth-order valence-electron chi connectivity index (χ4n) is 2.55. The largest absolute Gasteiger partial charge is 0.463 e. The van der Waals surface area contributed by atoms with Gasteiger partial charge in [0.1, 0.15) is 5.76 Å². The molecule has 0 spiro atoms. The van der Waals surface area contributed by atoms with Gasteiger partial charge in [-0.05, 0) is 54.1 Å². The van der Waals surface area contributed by atoms with E-state index >= 15 is 0 Å². The van der Waals surface area contributed by atoms with Gasteiger partial charge in [-0.2, -0.15) is 9.41 Å². The number of hydrogen-bond donors (Lipinski definition) is 1. The first-order valence-electron chi connectivity index (χ1n) is 8.81. The molecule has 0 aliphatic heterocycles. The average Bonchev–Trinajstić information content (AvgIpc) is 3.23. The van der Waals surface area contributed by atoms with E-state index in [0.717, 1.165) is 8.78 Å². The van der Waals surface area contributed by atoms with Crippen molar-refractivity contribution in [3.63, 3.8) is 0 Å². The van der Waals surface area contributed by atoms with Crippen molar-refractivity contribution in [2.45, 2.75) is 11.4 Å². The molecular formula is C20H16BrCl2N3O4S.